The highest BCUT2D eigenvalue weighted by atomic mass is 16.5. The lowest BCUT2D eigenvalue weighted by Gasteiger charge is -2.13. The standard InChI is InChI=1S/C6H12O3/c1-3-5(4-9-2)6(7)8/h5H,3-4H2,1-2H3,(H,7,8)/p-1. The zero-order valence-electron chi connectivity index (χ0n) is 5.72. The fourth-order valence-electron chi connectivity index (χ4n) is 0.554. The molecule has 0 spiro atoms. The van der Waals surface area contributed by atoms with Gasteiger partial charge in [0.15, 0.2) is 0 Å². The molecule has 0 aromatic rings. The third kappa shape index (κ3) is 3.08. The van der Waals surface area contributed by atoms with Crippen molar-refractivity contribution in [1.29, 1.82) is 0 Å². The van der Waals surface area contributed by atoms with Crippen LogP contribution in [0.25, 0.3) is 0 Å². The molecule has 0 saturated carbocycles. The molecule has 0 N–H and O–H groups in total. The normalized spacial score (nSPS) is 13.1. The van der Waals surface area contributed by atoms with E-state index in [9.17, 15) is 9.90 Å². The Morgan fingerprint density at radius 1 is 1.78 bits per heavy atom. The van der Waals surface area contributed by atoms with Gasteiger partial charge >= 0.3 is 0 Å². The van der Waals surface area contributed by atoms with E-state index in [1.54, 1.807) is 6.92 Å². The highest BCUT2D eigenvalue weighted by molar-refractivity contribution is 5.67. The van der Waals surface area contributed by atoms with E-state index in [4.69, 9.17) is 0 Å². The van der Waals surface area contributed by atoms with Gasteiger partial charge in [-0.3, -0.25) is 0 Å². The van der Waals surface area contributed by atoms with Gasteiger partial charge < -0.3 is 14.6 Å². The molecule has 54 valence electrons. The molecule has 0 aromatic carbocycles. The quantitative estimate of drug-likeness (QED) is 0.512. The summed E-state index contributed by atoms with van der Waals surface area (Å²) < 4.78 is 4.64. The number of carboxylic acids is 1. The zero-order chi connectivity index (χ0) is 7.28. The lowest BCUT2D eigenvalue weighted by Crippen LogP contribution is -2.33. The summed E-state index contributed by atoms with van der Waals surface area (Å²) in [4.78, 5) is 10.1. The first-order valence-corrected chi connectivity index (χ1v) is 2.92. The number of rotatable bonds is 4. The molecule has 0 saturated heterocycles. The predicted octanol–water partition coefficient (Wildman–Crippen LogP) is -0.591. The van der Waals surface area contributed by atoms with Gasteiger partial charge in [0.05, 0.1) is 6.61 Å². The molecule has 0 fully saturated rings. The van der Waals surface area contributed by atoms with Crippen LogP contribution in [0.15, 0.2) is 0 Å². The van der Waals surface area contributed by atoms with E-state index in [2.05, 4.69) is 4.74 Å². The summed E-state index contributed by atoms with van der Waals surface area (Å²) in [7, 11) is 1.48. The minimum Gasteiger partial charge on any atom is -0.550 e. The van der Waals surface area contributed by atoms with E-state index in [0.717, 1.165) is 0 Å². The Hall–Kier alpha value is -0.570. The van der Waals surface area contributed by atoms with Crippen molar-refractivity contribution in [2.24, 2.45) is 5.92 Å². The molecule has 3 nitrogen and oxygen atoms in total. The SMILES string of the molecule is CCC(COC)C(=O)[O-]. The summed E-state index contributed by atoms with van der Waals surface area (Å²) in [5.41, 5.74) is 0. The number of hydrogen-bond donors (Lipinski definition) is 0. The molecule has 0 aromatic heterocycles. The van der Waals surface area contributed by atoms with Gasteiger partial charge in [-0.25, -0.2) is 0 Å². The minimum absolute atomic E-state index is 0.249. The van der Waals surface area contributed by atoms with E-state index < -0.39 is 11.9 Å². The molecule has 0 amide bonds. The smallest absolute Gasteiger partial charge is 0.0542 e. The van der Waals surface area contributed by atoms with Crippen LogP contribution in [0, 0.1) is 5.92 Å². The van der Waals surface area contributed by atoms with Gasteiger partial charge in [-0.05, 0) is 6.42 Å². The van der Waals surface area contributed by atoms with Crippen LogP contribution in [-0.2, 0) is 9.53 Å². The molecule has 0 aliphatic carbocycles. The maximum Gasteiger partial charge on any atom is 0.0542 e. The highest BCUT2D eigenvalue weighted by Crippen LogP contribution is 1.99. The summed E-state index contributed by atoms with van der Waals surface area (Å²) in [6.07, 6.45) is 0.566. The first-order valence-electron chi connectivity index (χ1n) is 2.92. The molecular weight excluding hydrogens is 120 g/mol. The molecule has 0 aliphatic rings. The van der Waals surface area contributed by atoms with Crippen molar-refractivity contribution in [3.05, 3.63) is 0 Å². The second kappa shape index (κ2) is 4.32. The van der Waals surface area contributed by atoms with Crippen LogP contribution < -0.4 is 5.11 Å². The Labute approximate surface area is 54.6 Å². The van der Waals surface area contributed by atoms with Crippen molar-refractivity contribution >= 4 is 5.97 Å². The summed E-state index contributed by atoms with van der Waals surface area (Å²) in [6.45, 7) is 2.04. The Morgan fingerprint density at radius 3 is 2.44 bits per heavy atom. The lowest BCUT2D eigenvalue weighted by molar-refractivity contribution is -0.312. The summed E-state index contributed by atoms with van der Waals surface area (Å²) in [5, 5.41) is 10.1. The van der Waals surface area contributed by atoms with Crippen molar-refractivity contribution in [2.75, 3.05) is 13.7 Å². The number of carbonyl (C=O) groups is 1. The molecule has 0 bridgehead atoms. The van der Waals surface area contributed by atoms with Gasteiger partial charge in [-0.1, -0.05) is 6.92 Å². The van der Waals surface area contributed by atoms with Gasteiger partial charge in [0.2, 0.25) is 0 Å². The average Bonchev–Trinajstić information content (AvgIpc) is 1.82. The topological polar surface area (TPSA) is 49.4 Å². The highest BCUT2D eigenvalue weighted by Gasteiger charge is 2.04. The Morgan fingerprint density at radius 2 is 2.33 bits per heavy atom. The van der Waals surface area contributed by atoms with E-state index >= 15 is 0 Å². The fourth-order valence-corrected chi connectivity index (χ4v) is 0.554. The van der Waals surface area contributed by atoms with Gasteiger partial charge in [0, 0.05) is 19.0 Å². The van der Waals surface area contributed by atoms with Gasteiger partial charge in [0.25, 0.3) is 0 Å². The maximum absolute atomic E-state index is 10.1. The summed E-state index contributed by atoms with van der Waals surface area (Å²) in [5.74, 6) is -1.48. The van der Waals surface area contributed by atoms with E-state index in [1.807, 2.05) is 0 Å². The first-order chi connectivity index (χ1) is 4.22. The summed E-state index contributed by atoms with van der Waals surface area (Å²) >= 11 is 0. The molecule has 3 heteroatoms. The molecule has 0 aliphatic heterocycles. The molecule has 0 heterocycles. The van der Waals surface area contributed by atoms with Crippen molar-refractivity contribution in [1.82, 2.24) is 0 Å². The molecule has 0 rings (SSSR count). The second-order valence-corrected chi connectivity index (χ2v) is 1.88. The number of aliphatic carboxylic acids is 1. The minimum atomic E-state index is -1.03. The van der Waals surface area contributed by atoms with Crippen LogP contribution in [-0.4, -0.2) is 19.7 Å². The molecule has 1 unspecified atom stereocenters. The number of methoxy groups -OCH3 is 1. The average molecular weight is 131 g/mol. The maximum atomic E-state index is 10.1. The number of carboxylic acid groups (broad SMARTS) is 1. The second-order valence-electron chi connectivity index (χ2n) is 1.88. The molecule has 9 heavy (non-hydrogen) atoms. The molecule has 1 atom stereocenters. The predicted molar refractivity (Wildman–Crippen MR) is 30.7 cm³/mol. The van der Waals surface area contributed by atoms with Crippen molar-refractivity contribution in [3.63, 3.8) is 0 Å². The fraction of sp³-hybridized carbons (Fsp3) is 0.833. The summed E-state index contributed by atoms with van der Waals surface area (Å²) in [6, 6.07) is 0. The third-order valence-electron chi connectivity index (χ3n) is 1.19. The number of carbonyl (C=O) groups excluding carboxylic acids is 1. The Balaban J connectivity index is 3.54. The van der Waals surface area contributed by atoms with E-state index in [0.29, 0.717) is 6.42 Å². The van der Waals surface area contributed by atoms with Crippen LogP contribution in [0.2, 0.25) is 0 Å². The van der Waals surface area contributed by atoms with Crippen LogP contribution >= 0.6 is 0 Å². The van der Waals surface area contributed by atoms with Crippen LogP contribution in [0.1, 0.15) is 13.3 Å². The van der Waals surface area contributed by atoms with E-state index in [1.165, 1.54) is 7.11 Å². The van der Waals surface area contributed by atoms with Crippen LogP contribution in [0.5, 0.6) is 0 Å². The van der Waals surface area contributed by atoms with Crippen molar-refractivity contribution < 1.29 is 14.6 Å². The molecular formula is C6H11O3-. The lowest BCUT2D eigenvalue weighted by atomic mass is 10.1. The largest absolute Gasteiger partial charge is 0.550 e. The van der Waals surface area contributed by atoms with E-state index in [-0.39, 0.29) is 6.61 Å². The monoisotopic (exact) mass is 131 g/mol. The Bertz CT molecular complexity index is 90.3. The van der Waals surface area contributed by atoms with Gasteiger partial charge in [-0.15, -0.1) is 0 Å². The Kier molecular flexibility index (Phi) is 4.05. The number of hydrogen-bond acceptors (Lipinski definition) is 3. The number of ether oxygens (including phenoxy) is 1. The van der Waals surface area contributed by atoms with Crippen molar-refractivity contribution in [2.45, 2.75) is 13.3 Å². The van der Waals surface area contributed by atoms with Gasteiger partial charge in [0.1, 0.15) is 0 Å². The third-order valence-corrected chi connectivity index (χ3v) is 1.19. The van der Waals surface area contributed by atoms with Crippen LogP contribution in [0.3, 0.4) is 0 Å². The molecule has 0 radical (unpaired) electrons. The van der Waals surface area contributed by atoms with Crippen molar-refractivity contribution in [3.8, 4) is 0 Å². The van der Waals surface area contributed by atoms with Gasteiger partial charge in [-0.2, -0.15) is 0 Å². The van der Waals surface area contributed by atoms with Crippen LogP contribution in [0.4, 0.5) is 0 Å². The zero-order valence-corrected chi connectivity index (χ0v) is 5.72. The first kappa shape index (κ1) is 8.43.